The molecule has 61 heavy (non-hydrogen) atoms. The lowest BCUT2D eigenvalue weighted by Gasteiger charge is -2.48. The molecule has 0 aliphatic carbocycles. The van der Waals surface area contributed by atoms with Gasteiger partial charge in [-0.3, -0.25) is 0 Å². The van der Waals surface area contributed by atoms with Crippen LogP contribution in [0.1, 0.15) is 52.7 Å². The Balaban J connectivity index is 1.16. The number of para-hydroxylation sites is 3. The molecule has 10 aromatic rings. The number of hydrogen-bond acceptors (Lipinski definition) is 4. The molecule has 5 heteroatoms. The number of hydrogen-bond donors (Lipinski definition) is 0. The van der Waals surface area contributed by atoms with E-state index in [1.54, 1.807) is 0 Å². The standard InChI is InChI=1S/C56H45BN2O2/c1-55(2,3)36-22-27-47-48(31-36)58(39-14-8-7-9-15-39)49-32-37(56(4,5)6)30-45-44-28-34(35-20-24-42-40-16-10-12-18-50(40)60-52(42)29-35)21-26-46(44)57(59(47)54(45)49)38-23-25-43-41-17-11-13-19-51(41)61-53(43)33-38/h7-33H,1-6H3. The number of benzene rings is 8. The Labute approximate surface area is 356 Å². The van der Waals surface area contributed by atoms with E-state index in [0.717, 1.165) is 60.7 Å². The normalized spacial score (nSPS) is 13.6. The summed E-state index contributed by atoms with van der Waals surface area (Å²) in [5.74, 6) is 0. The fourth-order valence-electron chi connectivity index (χ4n) is 9.92. The highest BCUT2D eigenvalue weighted by atomic mass is 16.3. The van der Waals surface area contributed by atoms with Crippen molar-refractivity contribution in [3.05, 3.63) is 175 Å². The van der Waals surface area contributed by atoms with Gasteiger partial charge in [0.15, 0.2) is 0 Å². The predicted molar refractivity (Wildman–Crippen MR) is 258 cm³/mol. The van der Waals surface area contributed by atoms with Crippen LogP contribution in [-0.2, 0) is 10.8 Å². The quantitative estimate of drug-likeness (QED) is 0.167. The van der Waals surface area contributed by atoms with Gasteiger partial charge in [-0.2, -0.15) is 0 Å². The molecular formula is C56H45BN2O2. The summed E-state index contributed by atoms with van der Waals surface area (Å²) in [6, 6.07) is 60.3. The molecule has 0 spiro atoms. The monoisotopic (exact) mass is 788 g/mol. The van der Waals surface area contributed by atoms with Gasteiger partial charge in [-0.25, -0.2) is 0 Å². The zero-order chi connectivity index (χ0) is 41.4. The van der Waals surface area contributed by atoms with Crippen LogP contribution < -0.4 is 20.6 Å². The summed E-state index contributed by atoms with van der Waals surface area (Å²) in [6.07, 6.45) is 0. The first-order valence-electron chi connectivity index (χ1n) is 21.4. The zero-order valence-corrected chi connectivity index (χ0v) is 35.4. The van der Waals surface area contributed by atoms with E-state index in [9.17, 15) is 0 Å². The highest BCUT2D eigenvalue weighted by molar-refractivity contribution is 6.91. The molecule has 4 nitrogen and oxygen atoms in total. The number of rotatable bonds is 3. The molecular weight excluding hydrogens is 743 g/mol. The topological polar surface area (TPSA) is 32.8 Å². The predicted octanol–water partition coefficient (Wildman–Crippen LogP) is 14.5. The number of anilines is 5. The van der Waals surface area contributed by atoms with Crippen molar-refractivity contribution in [2.24, 2.45) is 0 Å². The second-order valence-electron chi connectivity index (χ2n) is 19.0. The van der Waals surface area contributed by atoms with E-state index in [-0.39, 0.29) is 17.7 Å². The lowest BCUT2D eigenvalue weighted by atomic mass is 9.45. The third-order valence-corrected chi connectivity index (χ3v) is 13.1. The van der Waals surface area contributed by atoms with Crippen molar-refractivity contribution in [3.63, 3.8) is 0 Å². The van der Waals surface area contributed by atoms with Gasteiger partial charge < -0.3 is 18.5 Å². The Bertz CT molecular complexity index is 3420. The smallest absolute Gasteiger partial charge is 0.329 e. The minimum Gasteiger partial charge on any atom is -0.456 e. The largest absolute Gasteiger partial charge is 0.456 e. The van der Waals surface area contributed by atoms with Crippen molar-refractivity contribution in [1.82, 2.24) is 0 Å². The third kappa shape index (κ3) is 5.46. The summed E-state index contributed by atoms with van der Waals surface area (Å²) in [7, 11) is 0. The lowest BCUT2D eigenvalue weighted by molar-refractivity contribution is 0.590. The maximum Gasteiger partial charge on any atom is 0.329 e. The first kappa shape index (κ1) is 35.9. The molecule has 0 amide bonds. The molecule has 294 valence electrons. The van der Waals surface area contributed by atoms with Gasteiger partial charge in [-0.1, -0.05) is 133 Å². The first-order chi connectivity index (χ1) is 29.5. The lowest BCUT2D eigenvalue weighted by Crippen LogP contribution is -2.58. The van der Waals surface area contributed by atoms with Gasteiger partial charge in [0.1, 0.15) is 22.3 Å². The van der Waals surface area contributed by atoms with E-state index < -0.39 is 0 Å². The highest BCUT2D eigenvalue weighted by Gasteiger charge is 2.44. The van der Waals surface area contributed by atoms with Crippen LogP contribution in [0.25, 0.3) is 66.1 Å². The summed E-state index contributed by atoms with van der Waals surface area (Å²) in [5, 5.41) is 4.54. The number of nitrogens with zero attached hydrogens (tertiary/aromatic N) is 2. The molecule has 8 aromatic carbocycles. The van der Waals surface area contributed by atoms with Gasteiger partial charge in [0, 0.05) is 32.8 Å². The van der Waals surface area contributed by atoms with Crippen molar-refractivity contribution in [1.29, 1.82) is 0 Å². The molecule has 0 N–H and O–H groups in total. The first-order valence-corrected chi connectivity index (χ1v) is 21.4. The Morgan fingerprint density at radius 2 is 1.02 bits per heavy atom. The van der Waals surface area contributed by atoms with Gasteiger partial charge in [0.2, 0.25) is 0 Å². The maximum atomic E-state index is 6.60. The molecule has 0 atom stereocenters. The van der Waals surface area contributed by atoms with E-state index in [2.05, 4.69) is 203 Å². The zero-order valence-electron chi connectivity index (χ0n) is 35.4. The molecule has 2 aliphatic heterocycles. The fraction of sp³-hybridized carbons (Fsp3) is 0.143. The van der Waals surface area contributed by atoms with Gasteiger partial charge in [0.05, 0.1) is 22.7 Å². The Morgan fingerprint density at radius 3 is 1.72 bits per heavy atom. The van der Waals surface area contributed by atoms with Crippen molar-refractivity contribution in [3.8, 4) is 22.3 Å². The minimum atomic E-state index is -0.150. The second-order valence-corrected chi connectivity index (χ2v) is 19.0. The number of fused-ring (bicyclic) bond motifs is 10. The third-order valence-electron chi connectivity index (χ3n) is 13.1. The van der Waals surface area contributed by atoms with Gasteiger partial charge in [-0.15, -0.1) is 0 Å². The molecule has 0 saturated carbocycles. The summed E-state index contributed by atoms with van der Waals surface area (Å²) >= 11 is 0. The van der Waals surface area contributed by atoms with Gasteiger partial charge in [-0.05, 0) is 122 Å². The summed E-state index contributed by atoms with van der Waals surface area (Å²) < 4.78 is 13.0. The molecule has 2 aromatic heterocycles. The molecule has 0 saturated heterocycles. The van der Waals surface area contributed by atoms with Crippen LogP contribution in [0.15, 0.2) is 173 Å². The molecule has 4 heterocycles. The Morgan fingerprint density at radius 1 is 0.426 bits per heavy atom. The molecule has 12 rings (SSSR count). The fourth-order valence-corrected chi connectivity index (χ4v) is 9.92. The van der Waals surface area contributed by atoms with Gasteiger partial charge >= 0.3 is 6.85 Å². The summed E-state index contributed by atoms with van der Waals surface area (Å²) in [4.78, 5) is 5.14. The van der Waals surface area contributed by atoms with Crippen LogP contribution in [0, 0.1) is 0 Å². The van der Waals surface area contributed by atoms with E-state index in [0.29, 0.717) is 0 Å². The average Bonchev–Trinajstić information content (AvgIpc) is 3.83. The number of furan rings is 2. The van der Waals surface area contributed by atoms with Crippen LogP contribution in [0.5, 0.6) is 0 Å². The molecule has 0 fully saturated rings. The Kier molecular flexibility index (Phi) is 7.52. The van der Waals surface area contributed by atoms with Crippen molar-refractivity contribution < 1.29 is 8.83 Å². The van der Waals surface area contributed by atoms with Crippen molar-refractivity contribution in [2.75, 3.05) is 9.71 Å². The van der Waals surface area contributed by atoms with Crippen LogP contribution in [-0.4, -0.2) is 6.85 Å². The van der Waals surface area contributed by atoms with Crippen molar-refractivity contribution >= 4 is 90.1 Å². The summed E-state index contributed by atoms with van der Waals surface area (Å²) in [6.45, 7) is 13.8. The van der Waals surface area contributed by atoms with Crippen molar-refractivity contribution in [2.45, 2.75) is 52.4 Å². The van der Waals surface area contributed by atoms with E-state index in [1.807, 2.05) is 12.1 Å². The SMILES string of the molecule is CC(C)(C)c1ccc2c(c1)N(c1ccccc1)c1cc(C(C)(C)C)cc3c1N2B(c1ccc2c(c1)oc1ccccc12)c1ccc(-c2ccc4c(c2)oc2ccccc24)cc1-3. The molecule has 0 radical (unpaired) electrons. The van der Waals surface area contributed by atoms with Crippen LogP contribution in [0.4, 0.5) is 28.4 Å². The van der Waals surface area contributed by atoms with Crippen LogP contribution in [0.2, 0.25) is 0 Å². The van der Waals surface area contributed by atoms with E-state index in [1.165, 1.54) is 55.9 Å². The average molecular weight is 789 g/mol. The molecule has 0 bridgehead atoms. The molecule has 2 aliphatic rings. The highest BCUT2D eigenvalue weighted by Crippen LogP contribution is 2.58. The Hall–Kier alpha value is -6.98. The molecule has 0 unspecified atom stereocenters. The van der Waals surface area contributed by atoms with Crippen LogP contribution in [0.3, 0.4) is 0 Å². The maximum absolute atomic E-state index is 6.60. The second kappa shape index (κ2) is 12.8. The minimum absolute atomic E-state index is 0.0436. The van der Waals surface area contributed by atoms with Crippen LogP contribution >= 0.6 is 0 Å². The van der Waals surface area contributed by atoms with E-state index in [4.69, 9.17) is 8.83 Å². The van der Waals surface area contributed by atoms with Gasteiger partial charge in [0.25, 0.3) is 0 Å². The van der Waals surface area contributed by atoms with E-state index >= 15 is 0 Å². The summed E-state index contributed by atoms with van der Waals surface area (Å²) in [5.41, 5.74) is 19.1.